The lowest BCUT2D eigenvalue weighted by Gasteiger charge is -2.25. The Labute approximate surface area is 152 Å². The van der Waals surface area contributed by atoms with Crippen LogP contribution in [0.15, 0.2) is 48.7 Å². The standard InChI is InChI=1S/C21H23FN2O2/c1-14-4-7-16(8-5-14)26-12-20(25)24-13-21(2,3)18-11-23-19-9-6-15(22)10-17(18)19/h4-11,23H,12-13H2,1-3H3,(H,24,25). The van der Waals surface area contributed by atoms with E-state index in [4.69, 9.17) is 4.74 Å². The third-order valence-corrected chi connectivity index (χ3v) is 4.49. The summed E-state index contributed by atoms with van der Waals surface area (Å²) in [6.45, 7) is 6.41. The maximum Gasteiger partial charge on any atom is 0.257 e. The Morgan fingerprint density at radius 1 is 1.19 bits per heavy atom. The molecule has 0 aliphatic heterocycles. The van der Waals surface area contributed by atoms with E-state index < -0.39 is 0 Å². The molecule has 3 rings (SSSR count). The van der Waals surface area contributed by atoms with Gasteiger partial charge < -0.3 is 15.0 Å². The summed E-state index contributed by atoms with van der Waals surface area (Å²) in [5.74, 6) is 0.200. The number of aromatic nitrogens is 1. The largest absolute Gasteiger partial charge is 0.484 e. The molecular weight excluding hydrogens is 331 g/mol. The van der Waals surface area contributed by atoms with Crippen LogP contribution in [0.3, 0.4) is 0 Å². The zero-order valence-electron chi connectivity index (χ0n) is 15.2. The van der Waals surface area contributed by atoms with Gasteiger partial charge in [0.2, 0.25) is 0 Å². The molecule has 0 spiro atoms. The summed E-state index contributed by atoms with van der Waals surface area (Å²) < 4.78 is 19.1. The van der Waals surface area contributed by atoms with Gasteiger partial charge >= 0.3 is 0 Å². The summed E-state index contributed by atoms with van der Waals surface area (Å²) in [6.07, 6.45) is 1.87. The van der Waals surface area contributed by atoms with Crippen molar-refractivity contribution >= 4 is 16.8 Å². The van der Waals surface area contributed by atoms with Gasteiger partial charge in [-0.2, -0.15) is 0 Å². The lowest BCUT2D eigenvalue weighted by molar-refractivity contribution is -0.123. The molecular formula is C21H23FN2O2. The van der Waals surface area contributed by atoms with Gasteiger partial charge in [-0.1, -0.05) is 31.5 Å². The molecule has 4 nitrogen and oxygen atoms in total. The molecule has 0 aliphatic rings. The fourth-order valence-corrected chi connectivity index (χ4v) is 2.90. The number of H-pyrrole nitrogens is 1. The van der Waals surface area contributed by atoms with Crippen LogP contribution in [0.5, 0.6) is 5.75 Å². The van der Waals surface area contributed by atoms with E-state index >= 15 is 0 Å². The number of nitrogens with one attached hydrogen (secondary N) is 2. The minimum atomic E-state index is -0.356. The summed E-state index contributed by atoms with van der Waals surface area (Å²) in [5.41, 5.74) is 2.62. The first-order valence-electron chi connectivity index (χ1n) is 8.58. The van der Waals surface area contributed by atoms with Crippen molar-refractivity contribution in [2.45, 2.75) is 26.2 Å². The monoisotopic (exact) mass is 354 g/mol. The Bertz CT molecular complexity index is 913. The van der Waals surface area contributed by atoms with E-state index in [1.807, 2.05) is 51.2 Å². The molecule has 0 unspecified atom stereocenters. The number of amides is 1. The highest BCUT2D eigenvalue weighted by Gasteiger charge is 2.25. The van der Waals surface area contributed by atoms with Crippen molar-refractivity contribution in [1.29, 1.82) is 0 Å². The minimum Gasteiger partial charge on any atom is -0.484 e. The van der Waals surface area contributed by atoms with Gasteiger partial charge in [-0.15, -0.1) is 0 Å². The molecule has 136 valence electrons. The summed E-state index contributed by atoms with van der Waals surface area (Å²) in [4.78, 5) is 15.3. The second-order valence-corrected chi connectivity index (χ2v) is 7.15. The van der Waals surface area contributed by atoms with Crippen molar-refractivity contribution in [3.05, 3.63) is 65.6 Å². The number of halogens is 1. The lowest BCUT2D eigenvalue weighted by atomic mass is 9.84. The Balaban J connectivity index is 1.61. The molecule has 1 heterocycles. The summed E-state index contributed by atoms with van der Waals surface area (Å²) in [7, 11) is 0. The average Bonchev–Trinajstić information content (AvgIpc) is 3.03. The molecule has 0 radical (unpaired) electrons. The third kappa shape index (κ3) is 4.04. The normalized spacial score (nSPS) is 11.5. The fraction of sp³-hybridized carbons (Fsp3) is 0.286. The van der Waals surface area contributed by atoms with Crippen LogP contribution in [0.2, 0.25) is 0 Å². The highest BCUT2D eigenvalue weighted by Crippen LogP contribution is 2.30. The maximum absolute atomic E-state index is 13.6. The lowest BCUT2D eigenvalue weighted by Crippen LogP contribution is -2.38. The molecule has 1 aromatic heterocycles. The smallest absolute Gasteiger partial charge is 0.257 e. The van der Waals surface area contributed by atoms with E-state index in [0.717, 1.165) is 22.0 Å². The number of fused-ring (bicyclic) bond motifs is 1. The molecule has 0 bridgehead atoms. The van der Waals surface area contributed by atoms with E-state index in [9.17, 15) is 9.18 Å². The first-order chi connectivity index (χ1) is 12.3. The van der Waals surface area contributed by atoms with E-state index in [1.54, 1.807) is 6.07 Å². The van der Waals surface area contributed by atoms with Crippen LogP contribution in [0.25, 0.3) is 10.9 Å². The number of ether oxygens (including phenoxy) is 1. The molecule has 0 atom stereocenters. The number of aromatic amines is 1. The van der Waals surface area contributed by atoms with Gasteiger partial charge in [-0.25, -0.2) is 4.39 Å². The van der Waals surface area contributed by atoms with E-state index in [0.29, 0.717) is 12.3 Å². The topological polar surface area (TPSA) is 54.1 Å². The first kappa shape index (κ1) is 18.0. The quantitative estimate of drug-likeness (QED) is 0.701. The molecule has 0 fully saturated rings. The van der Waals surface area contributed by atoms with Gasteiger partial charge in [0.25, 0.3) is 5.91 Å². The van der Waals surface area contributed by atoms with E-state index in [1.165, 1.54) is 12.1 Å². The van der Waals surface area contributed by atoms with Crippen molar-refractivity contribution in [3.8, 4) is 5.75 Å². The van der Waals surface area contributed by atoms with Gasteiger partial charge in [-0.3, -0.25) is 4.79 Å². The van der Waals surface area contributed by atoms with E-state index in [2.05, 4.69) is 10.3 Å². The second-order valence-electron chi connectivity index (χ2n) is 7.15. The summed E-state index contributed by atoms with van der Waals surface area (Å²) >= 11 is 0. The first-order valence-corrected chi connectivity index (χ1v) is 8.58. The second kappa shape index (κ2) is 7.20. The van der Waals surface area contributed by atoms with Gasteiger partial charge in [0.05, 0.1) is 0 Å². The Morgan fingerprint density at radius 2 is 1.92 bits per heavy atom. The van der Waals surface area contributed by atoms with Crippen molar-refractivity contribution in [1.82, 2.24) is 10.3 Å². The SMILES string of the molecule is Cc1ccc(OCC(=O)NCC(C)(C)c2c[nH]c3ccc(F)cc23)cc1. The van der Waals surface area contributed by atoms with Gasteiger partial charge in [-0.05, 0) is 42.8 Å². The van der Waals surface area contributed by atoms with E-state index in [-0.39, 0.29) is 23.7 Å². The maximum atomic E-state index is 13.6. The highest BCUT2D eigenvalue weighted by molar-refractivity contribution is 5.84. The molecule has 2 aromatic carbocycles. The number of aryl methyl sites for hydroxylation is 1. The number of carbonyl (C=O) groups excluding carboxylic acids is 1. The fourth-order valence-electron chi connectivity index (χ4n) is 2.90. The molecule has 2 N–H and O–H groups in total. The minimum absolute atomic E-state index is 0.0400. The van der Waals surface area contributed by atoms with Crippen LogP contribution < -0.4 is 10.1 Å². The predicted molar refractivity (Wildman–Crippen MR) is 101 cm³/mol. The summed E-state index contributed by atoms with van der Waals surface area (Å²) in [5, 5.41) is 3.73. The van der Waals surface area contributed by atoms with Gasteiger partial charge in [0.1, 0.15) is 11.6 Å². The molecule has 0 saturated heterocycles. The molecule has 5 heteroatoms. The highest BCUT2D eigenvalue weighted by atomic mass is 19.1. The van der Waals surface area contributed by atoms with Crippen LogP contribution in [0, 0.1) is 12.7 Å². The average molecular weight is 354 g/mol. The molecule has 26 heavy (non-hydrogen) atoms. The number of carbonyl (C=O) groups is 1. The number of rotatable bonds is 6. The molecule has 3 aromatic rings. The predicted octanol–water partition coefficient (Wildman–Crippen LogP) is 4.09. The van der Waals surface area contributed by atoms with Crippen LogP contribution in [-0.2, 0) is 10.2 Å². The number of hydrogen-bond acceptors (Lipinski definition) is 2. The van der Waals surface area contributed by atoms with Crippen molar-refractivity contribution < 1.29 is 13.9 Å². The van der Waals surface area contributed by atoms with Crippen LogP contribution in [0.4, 0.5) is 4.39 Å². The summed E-state index contributed by atoms with van der Waals surface area (Å²) in [6, 6.07) is 12.2. The van der Waals surface area contributed by atoms with Crippen molar-refractivity contribution in [2.24, 2.45) is 0 Å². The zero-order chi connectivity index (χ0) is 18.7. The molecule has 0 saturated carbocycles. The Hall–Kier alpha value is -2.82. The number of benzene rings is 2. The zero-order valence-corrected chi connectivity index (χ0v) is 15.2. The Morgan fingerprint density at radius 3 is 2.65 bits per heavy atom. The van der Waals surface area contributed by atoms with Crippen LogP contribution >= 0.6 is 0 Å². The number of hydrogen-bond donors (Lipinski definition) is 2. The van der Waals surface area contributed by atoms with Crippen LogP contribution in [0.1, 0.15) is 25.0 Å². The third-order valence-electron chi connectivity index (χ3n) is 4.49. The van der Waals surface area contributed by atoms with Gasteiger partial charge in [0.15, 0.2) is 6.61 Å². The van der Waals surface area contributed by atoms with Crippen molar-refractivity contribution in [3.63, 3.8) is 0 Å². The molecule has 0 aliphatic carbocycles. The van der Waals surface area contributed by atoms with Crippen molar-refractivity contribution in [2.75, 3.05) is 13.2 Å². The van der Waals surface area contributed by atoms with Gasteiger partial charge in [0, 0.05) is 29.1 Å². The van der Waals surface area contributed by atoms with Crippen LogP contribution in [-0.4, -0.2) is 24.0 Å². The molecule has 1 amide bonds. The Kier molecular flexibility index (Phi) is 4.98.